The van der Waals surface area contributed by atoms with Crippen LogP contribution in [0.3, 0.4) is 0 Å². The summed E-state index contributed by atoms with van der Waals surface area (Å²) in [7, 11) is 0. The van der Waals surface area contributed by atoms with Crippen LogP contribution in [0, 0.1) is 6.92 Å². The smallest absolute Gasteiger partial charge is 0.166 e. The molecule has 0 bridgehead atoms. The van der Waals surface area contributed by atoms with Gasteiger partial charge in [0.1, 0.15) is 5.01 Å². The van der Waals surface area contributed by atoms with Gasteiger partial charge in [0.2, 0.25) is 0 Å². The van der Waals surface area contributed by atoms with Crippen LogP contribution in [0.25, 0.3) is 21.8 Å². The van der Waals surface area contributed by atoms with E-state index in [2.05, 4.69) is 78.0 Å². The molecule has 0 aliphatic heterocycles. The average Bonchev–Trinajstić information content (AvgIpc) is 3.16. The maximum atomic E-state index is 5.20. The van der Waals surface area contributed by atoms with Gasteiger partial charge in [0.05, 0.1) is 5.69 Å². The number of rotatable bonds is 6. The van der Waals surface area contributed by atoms with Gasteiger partial charge in [-0.1, -0.05) is 60.2 Å². The molecule has 2 N–H and O–H groups in total. The Bertz CT molecular complexity index is 880. The van der Waals surface area contributed by atoms with Crippen molar-refractivity contribution in [3.63, 3.8) is 0 Å². The first-order valence-electron chi connectivity index (χ1n) is 8.40. The average molecular weight is 380 g/mol. The van der Waals surface area contributed by atoms with Crippen molar-refractivity contribution < 1.29 is 0 Å². The molecule has 1 heterocycles. The largest absolute Gasteiger partial charge is 0.359 e. The summed E-state index contributed by atoms with van der Waals surface area (Å²) < 4.78 is 0. The van der Waals surface area contributed by atoms with Crippen LogP contribution in [0.5, 0.6) is 0 Å². The van der Waals surface area contributed by atoms with Crippen molar-refractivity contribution in [2.24, 2.45) is 0 Å². The topological polar surface area (TPSA) is 37.0 Å². The van der Waals surface area contributed by atoms with Crippen molar-refractivity contribution in [1.29, 1.82) is 0 Å². The van der Waals surface area contributed by atoms with Gasteiger partial charge in [-0.3, -0.25) is 0 Å². The molecule has 0 aliphatic carbocycles. The molecule has 0 amide bonds. The first kappa shape index (κ1) is 18.3. The number of aryl methyl sites for hydroxylation is 1. The molecule has 2 aromatic carbocycles. The number of nitrogens with one attached hydrogen (secondary N) is 2. The summed E-state index contributed by atoms with van der Waals surface area (Å²) in [6.07, 6.45) is 1.78. The highest BCUT2D eigenvalue weighted by atomic mass is 32.1. The third kappa shape index (κ3) is 4.77. The number of benzene rings is 2. The van der Waals surface area contributed by atoms with E-state index in [0.717, 1.165) is 21.8 Å². The molecule has 0 saturated heterocycles. The molecule has 0 atom stereocenters. The van der Waals surface area contributed by atoms with Crippen LogP contribution in [0.2, 0.25) is 0 Å². The highest BCUT2D eigenvalue weighted by Gasteiger charge is 2.07. The predicted molar refractivity (Wildman–Crippen MR) is 115 cm³/mol. The Morgan fingerprint density at radius 2 is 1.77 bits per heavy atom. The molecular formula is C21H21N3S2. The molecule has 0 radical (unpaired) electrons. The molecular weight excluding hydrogens is 358 g/mol. The van der Waals surface area contributed by atoms with Crippen molar-refractivity contribution >= 4 is 28.7 Å². The number of nitrogens with zero attached hydrogens (tertiary/aromatic N) is 1. The van der Waals surface area contributed by atoms with Gasteiger partial charge in [-0.15, -0.1) is 17.9 Å². The molecule has 3 rings (SSSR count). The fraction of sp³-hybridized carbons (Fsp3) is 0.143. The first-order chi connectivity index (χ1) is 12.7. The van der Waals surface area contributed by atoms with Crippen LogP contribution in [0.15, 0.2) is 66.6 Å². The Morgan fingerprint density at radius 1 is 1.08 bits per heavy atom. The van der Waals surface area contributed by atoms with Gasteiger partial charge in [-0.05, 0) is 24.7 Å². The number of hydrogen-bond acceptors (Lipinski definition) is 3. The molecule has 0 fully saturated rings. The second-order valence-corrected chi connectivity index (χ2v) is 7.22. The predicted octanol–water partition coefficient (Wildman–Crippen LogP) is 4.94. The lowest BCUT2D eigenvalue weighted by molar-refractivity contribution is 0.873. The molecule has 0 aliphatic rings. The summed E-state index contributed by atoms with van der Waals surface area (Å²) in [4.78, 5) is 4.78. The molecule has 3 nitrogen and oxygen atoms in total. The van der Waals surface area contributed by atoms with Gasteiger partial charge in [0.25, 0.3) is 0 Å². The van der Waals surface area contributed by atoms with E-state index in [1.54, 1.807) is 17.4 Å². The molecule has 26 heavy (non-hydrogen) atoms. The monoisotopic (exact) mass is 379 g/mol. The van der Waals surface area contributed by atoms with E-state index in [0.29, 0.717) is 18.2 Å². The summed E-state index contributed by atoms with van der Waals surface area (Å²) in [6, 6.07) is 16.9. The lowest BCUT2D eigenvalue weighted by Crippen LogP contribution is -2.34. The second-order valence-electron chi connectivity index (χ2n) is 5.95. The highest BCUT2D eigenvalue weighted by molar-refractivity contribution is 7.80. The minimum atomic E-state index is 0.636. The standard InChI is InChI=1S/C21H21N3S2/c1-3-12-22-21(25)23-13-16-6-10-18(11-7-16)20-24-19(14-26-20)17-8-4-15(2)5-9-17/h3-11,14H,1,12-13H2,2H3,(H2,22,23,25). The second kappa shape index (κ2) is 8.74. The van der Waals surface area contributed by atoms with Gasteiger partial charge in [0, 0.05) is 29.6 Å². The van der Waals surface area contributed by atoms with E-state index in [9.17, 15) is 0 Å². The highest BCUT2D eigenvalue weighted by Crippen LogP contribution is 2.29. The van der Waals surface area contributed by atoms with Gasteiger partial charge in [-0.25, -0.2) is 4.98 Å². The van der Waals surface area contributed by atoms with Crippen molar-refractivity contribution in [3.05, 3.63) is 77.7 Å². The van der Waals surface area contributed by atoms with E-state index >= 15 is 0 Å². The molecule has 0 unspecified atom stereocenters. The van der Waals surface area contributed by atoms with Gasteiger partial charge < -0.3 is 10.6 Å². The summed E-state index contributed by atoms with van der Waals surface area (Å²) in [6.45, 7) is 7.11. The molecule has 132 valence electrons. The van der Waals surface area contributed by atoms with Crippen molar-refractivity contribution in [2.75, 3.05) is 6.54 Å². The van der Waals surface area contributed by atoms with Crippen LogP contribution < -0.4 is 10.6 Å². The fourth-order valence-corrected chi connectivity index (χ4v) is 3.43. The normalized spacial score (nSPS) is 10.3. The molecule has 3 aromatic rings. The van der Waals surface area contributed by atoms with E-state index < -0.39 is 0 Å². The number of thiazole rings is 1. The Hall–Kier alpha value is -2.50. The first-order valence-corrected chi connectivity index (χ1v) is 9.69. The van der Waals surface area contributed by atoms with Crippen LogP contribution in [-0.4, -0.2) is 16.6 Å². The lowest BCUT2D eigenvalue weighted by atomic mass is 10.1. The number of hydrogen-bond donors (Lipinski definition) is 2. The minimum Gasteiger partial charge on any atom is -0.359 e. The van der Waals surface area contributed by atoms with E-state index in [1.165, 1.54) is 11.1 Å². The minimum absolute atomic E-state index is 0.636. The summed E-state index contributed by atoms with van der Waals surface area (Å²) >= 11 is 6.87. The third-order valence-electron chi connectivity index (χ3n) is 3.91. The molecule has 5 heteroatoms. The molecule has 0 spiro atoms. The zero-order valence-corrected chi connectivity index (χ0v) is 16.3. The number of thiocarbonyl (C=S) groups is 1. The van der Waals surface area contributed by atoms with Crippen molar-refractivity contribution in [1.82, 2.24) is 15.6 Å². The third-order valence-corrected chi connectivity index (χ3v) is 5.09. The van der Waals surface area contributed by atoms with Crippen molar-refractivity contribution in [2.45, 2.75) is 13.5 Å². The Balaban J connectivity index is 1.64. The zero-order chi connectivity index (χ0) is 18.4. The number of aromatic nitrogens is 1. The van der Waals surface area contributed by atoms with Crippen LogP contribution in [-0.2, 0) is 6.54 Å². The quantitative estimate of drug-likeness (QED) is 0.470. The summed E-state index contributed by atoms with van der Waals surface area (Å²) in [5, 5.41) is 10.0. The maximum Gasteiger partial charge on any atom is 0.166 e. The molecule has 0 saturated carbocycles. The lowest BCUT2D eigenvalue weighted by Gasteiger charge is -2.09. The Labute approximate surface area is 163 Å². The van der Waals surface area contributed by atoms with Gasteiger partial charge in [-0.2, -0.15) is 0 Å². The van der Waals surface area contributed by atoms with Gasteiger partial charge >= 0.3 is 0 Å². The van der Waals surface area contributed by atoms with Crippen LogP contribution >= 0.6 is 23.6 Å². The fourth-order valence-electron chi connectivity index (χ4n) is 2.44. The van der Waals surface area contributed by atoms with E-state index in [4.69, 9.17) is 17.2 Å². The van der Waals surface area contributed by atoms with Gasteiger partial charge in [0.15, 0.2) is 5.11 Å². The summed E-state index contributed by atoms with van der Waals surface area (Å²) in [5.74, 6) is 0. The zero-order valence-electron chi connectivity index (χ0n) is 14.7. The Kier molecular flexibility index (Phi) is 6.15. The van der Waals surface area contributed by atoms with Crippen LogP contribution in [0.4, 0.5) is 0 Å². The SMILES string of the molecule is C=CCNC(=S)NCc1ccc(-c2nc(-c3ccc(C)cc3)cs2)cc1. The van der Waals surface area contributed by atoms with Crippen LogP contribution in [0.1, 0.15) is 11.1 Å². The van der Waals surface area contributed by atoms with E-state index in [-0.39, 0.29) is 0 Å². The summed E-state index contributed by atoms with van der Waals surface area (Å²) in [5.41, 5.74) is 5.73. The Morgan fingerprint density at radius 3 is 2.46 bits per heavy atom. The maximum absolute atomic E-state index is 5.20. The molecule has 1 aromatic heterocycles. The van der Waals surface area contributed by atoms with E-state index in [1.807, 2.05) is 0 Å². The van der Waals surface area contributed by atoms with Crippen molar-refractivity contribution in [3.8, 4) is 21.8 Å².